The largest absolute Gasteiger partial charge is 0.309 e. The minimum absolute atomic E-state index is 0.178. The van der Waals surface area contributed by atoms with Gasteiger partial charge in [0.15, 0.2) is 5.78 Å². The van der Waals surface area contributed by atoms with E-state index in [-0.39, 0.29) is 5.78 Å². The first-order valence-electron chi connectivity index (χ1n) is 4.59. The maximum Gasteiger partial charge on any atom is 0.161 e. The molecule has 0 heterocycles. The third kappa shape index (κ3) is 3.19. The number of hydrogen-bond donors (Lipinski definition) is 1. The Kier molecular flexibility index (Phi) is 4.02. The molecule has 0 fully saturated rings. The summed E-state index contributed by atoms with van der Waals surface area (Å²) in [6.07, 6.45) is 0. The predicted octanol–water partition coefficient (Wildman–Crippen LogP) is 1.60. The number of rotatable bonds is 2. The van der Waals surface area contributed by atoms with Crippen molar-refractivity contribution in [3.05, 3.63) is 35.1 Å². The Balaban J connectivity index is 3.08. The molecule has 0 aromatic heterocycles. The first kappa shape index (κ1) is 11.4. The van der Waals surface area contributed by atoms with Gasteiger partial charge in [0.05, 0.1) is 6.54 Å². The van der Waals surface area contributed by atoms with Crippen LogP contribution in [0.5, 0.6) is 0 Å². The molecule has 78 valence electrons. The van der Waals surface area contributed by atoms with Gasteiger partial charge in [-0.2, -0.15) is 0 Å². The lowest BCUT2D eigenvalue weighted by molar-refractivity contribution is 0.101. The van der Waals surface area contributed by atoms with Gasteiger partial charge in [-0.15, -0.1) is 0 Å². The van der Waals surface area contributed by atoms with E-state index in [1.807, 2.05) is 0 Å². The van der Waals surface area contributed by atoms with Gasteiger partial charge in [-0.25, -0.2) is 4.39 Å². The number of carbonyl (C=O) groups is 1. The van der Waals surface area contributed by atoms with Crippen molar-refractivity contribution in [2.24, 2.45) is 0 Å². The molecular formula is C12H12FNO. The van der Waals surface area contributed by atoms with Crippen LogP contribution in [-0.4, -0.2) is 19.4 Å². The van der Waals surface area contributed by atoms with E-state index in [4.69, 9.17) is 0 Å². The van der Waals surface area contributed by atoms with E-state index < -0.39 is 5.82 Å². The second-order valence-electron chi connectivity index (χ2n) is 3.08. The zero-order valence-corrected chi connectivity index (χ0v) is 8.73. The molecule has 0 radical (unpaired) electrons. The van der Waals surface area contributed by atoms with E-state index >= 15 is 0 Å². The Labute approximate surface area is 88.5 Å². The first-order valence-corrected chi connectivity index (χ1v) is 4.59. The molecule has 0 aliphatic carbocycles. The van der Waals surface area contributed by atoms with Gasteiger partial charge in [-0.05, 0) is 32.2 Å². The van der Waals surface area contributed by atoms with Crippen LogP contribution in [-0.2, 0) is 0 Å². The highest BCUT2D eigenvalue weighted by Crippen LogP contribution is 2.10. The fourth-order valence-corrected chi connectivity index (χ4v) is 1.14. The summed E-state index contributed by atoms with van der Waals surface area (Å²) in [5.74, 6) is 5.06. The van der Waals surface area contributed by atoms with E-state index in [2.05, 4.69) is 17.2 Å². The summed E-state index contributed by atoms with van der Waals surface area (Å²) in [5, 5.41) is 2.87. The van der Waals surface area contributed by atoms with Crippen LogP contribution in [0.3, 0.4) is 0 Å². The van der Waals surface area contributed by atoms with Crippen LogP contribution in [0.4, 0.5) is 4.39 Å². The second kappa shape index (κ2) is 5.28. The highest BCUT2D eigenvalue weighted by Gasteiger charge is 2.06. The minimum Gasteiger partial charge on any atom is -0.309 e. The lowest BCUT2D eigenvalue weighted by Gasteiger charge is -1.99. The molecule has 0 aliphatic heterocycles. The molecule has 1 rings (SSSR count). The van der Waals surface area contributed by atoms with Crippen LogP contribution in [0.25, 0.3) is 0 Å². The van der Waals surface area contributed by atoms with E-state index in [9.17, 15) is 9.18 Å². The molecule has 0 aliphatic rings. The molecule has 2 nitrogen and oxygen atoms in total. The fourth-order valence-electron chi connectivity index (χ4n) is 1.14. The lowest BCUT2D eigenvalue weighted by atomic mass is 10.0. The van der Waals surface area contributed by atoms with E-state index in [0.717, 1.165) is 0 Å². The number of benzene rings is 1. The van der Waals surface area contributed by atoms with E-state index in [1.165, 1.54) is 25.1 Å². The van der Waals surface area contributed by atoms with Crippen molar-refractivity contribution >= 4 is 5.78 Å². The molecule has 0 amide bonds. The van der Waals surface area contributed by atoms with Crippen LogP contribution in [0.1, 0.15) is 22.8 Å². The summed E-state index contributed by atoms with van der Waals surface area (Å²) < 4.78 is 12.9. The lowest BCUT2D eigenvalue weighted by Crippen LogP contribution is -2.05. The molecule has 0 saturated carbocycles. The Hall–Kier alpha value is -1.66. The van der Waals surface area contributed by atoms with Crippen LogP contribution in [0, 0.1) is 17.7 Å². The van der Waals surface area contributed by atoms with Gasteiger partial charge in [0.1, 0.15) is 5.82 Å². The van der Waals surface area contributed by atoms with Crippen molar-refractivity contribution in [3.63, 3.8) is 0 Å². The normalized spacial score (nSPS) is 9.27. The Morgan fingerprint density at radius 2 is 2.27 bits per heavy atom. The SMILES string of the molecule is CNCC#Cc1ccc(F)cc1C(C)=O. The summed E-state index contributed by atoms with van der Waals surface area (Å²) in [4.78, 5) is 11.2. The summed E-state index contributed by atoms with van der Waals surface area (Å²) in [5.41, 5.74) is 0.901. The third-order valence-corrected chi connectivity index (χ3v) is 1.85. The monoisotopic (exact) mass is 205 g/mol. The van der Waals surface area contributed by atoms with Crippen molar-refractivity contribution < 1.29 is 9.18 Å². The number of Topliss-reactive ketones (excluding diaryl/α,β-unsaturated/α-hetero) is 1. The second-order valence-corrected chi connectivity index (χ2v) is 3.08. The summed E-state index contributed by atoms with van der Waals surface area (Å²) in [6.45, 7) is 1.94. The van der Waals surface area contributed by atoms with Gasteiger partial charge in [-0.3, -0.25) is 4.79 Å². The van der Waals surface area contributed by atoms with Crippen molar-refractivity contribution in [1.82, 2.24) is 5.32 Å². The molecule has 1 N–H and O–H groups in total. The maximum atomic E-state index is 12.9. The molecule has 0 spiro atoms. The molecule has 3 heteroatoms. The third-order valence-electron chi connectivity index (χ3n) is 1.85. The highest BCUT2D eigenvalue weighted by molar-refractivity contribution is 5.96. The Bertz CT molecular complexity index is 429. The number of ketones is 1. The number of carbonyl (C=O) groups excluding carboxylic acids is 1. The predicted molar refractivity (Wildman–Crippen MR) is 57.2 cm³/mol. The number of nitrogens with one attached hydrogen (secondary N) is 1. The molecular weight excluding hydrogens is 193 g/mol. The van der Waals surface area contributed by atoms with Crippen LogP contribution in [0.15, 0.2) is 18.2 Å². The van der Waals surface area contributed by atoms with Gasteiger partial charge in [0, 0.05) is 11.1 Å². The molecule has 0 atom stereocenters. The molecule has 0 unspecified atom stereocenters. The van der Waals surface area contributed by atoms with Crippen molar-refractivity contribution in [2.75, 3.05) is 13.6 Å². The molecule has 0 saturated heterocycles. The molecule has 1 aromatic rings. The molecule has 1 aromatic carbocycles. The quantitative estimate of drug-likeness (QED) is 0.587. The van der Waals surface area contributed by atoms with Gasteiger partial charge in [-0.1, -0.05) is 11.8 Å². The van der Waals surface area contributed by atoms with Crippen LogP contribution >= 0.6 is 0 Å². The minimum atomic E-state index is -0.417. The number of hydrogen-bond acceptors (Lipinski definition) is 2. The zero-order valence-electron chi connectivity index (χ0n) is 8.73. The van der Waals surface area contributed by atoms with Gasteiger partial charge in [0.2, 0.25) is 0 Å². The van der Waals surface area contributed by atoms with Crippen LogP contribution < -0.4 is 5.32 Å². The van der Waals surface area contributed by atoms with E-state index in [0.29, 0.717) is 17.7 Å². The first-order chi connectivity index (χ1) is 7.15. The standard InChI is InChI=1S/C12H12FNO/c1-9(15)12-8-11(13)6-5-10(12)4-3-7-14-2/h5-6,8,14H,7H2,1-2H3. The number of halogens is 1. The van der Waals surface area contributed by atoms with Gasteiger partial charge in [0.25, 0.3) is 0 Å². The zero-order chi connectivity index (χ0) is 11.3. The Morgan fingerprint density at radius 1 is 1.53 bits per heavy atom. The molecule has 15 heavy (non-hydrogen) atoms. The topological polar surface area (TPSA) is 29.1 Å². The van der Waals surface area contributed by atoms with E-state index in [1.54, 1.807) is 7.05 Å². The fraction of sp³-hybridized carbons (Fsp3) is 0.250. The summed E-state index contributed by atoms with van der Waals surface area (Å²) >= 11 is 0. The van der Waals surface area contributed by atoms with Crippen molar-refractivity contribution in [3.8, 4) is 11.8 Å². The molecule has 0 bridgehead atoms. The smallest absolute Gasteiger partial charge is 0.161 e. The van der Waals surface area contributed by atoms with Crippen molar-refractivity contribution in [1.29, 1.82) is 0 Å². The van der Waals surface area contributed by atoms with Crippen LogP contribution in [0.2, 0.25) is 0 Å². The van der Waals surface area contributed by atoms with Crippen molar-refractivity contribution in [2.45, 2.75) is 6.92 Å². The highest BCUT2D eigenvalue weighted by atomic mass is 19.1. The average molecular weight is 205 g/mol. The summed E-state index contributed by atoms with van der Waals surface area (Å²) in [6, 6.07) is 4.04. The van der Waals surface area contributed by atoms with Gasteiger partial charge >= 0.3 is 0 Å². The maximum absolute atomic E-state index is 12.9. The average Bonchev–Trinajstić information content (AvgIpc) is 2.20. The Morgan fingerprint density at radius 3 is 2.87 bits per heavy atom. The van der Waals surface area contributed by atoms with Gasteiger partial charge < -0.3 is 5.32 Å². The summed E-state index contributed by atoms with van der Waals surface area (Å²) in [7, 11) is 1.78.